The van der Waals surface area contributed by atoms with Gasteiger partial charge in [-0.15, -0.1) is 0 Å². The Kier molecular flexibility index (Phi) is 7.13. The SMILES string of the molecule is CCOC(=O)OC(CN1CCOCC1)Cn1oc(-c2ccccc2)c(Cl)c1=O. The molecule has 0 radical (unpaired) electrons. The number of nitrogens with zero attached hydrogens (tertiary/aromatic N) is 2. The maximum absolute atomic E-state index is 12.5. The number of hydrogen-bond acceptors (Lipinski definition) is 7. The summed E-state index contributed by atoms with van der Waals surface area (Å²) in [4.78, 5) is 26.5. The topological polar surface area (TPSA) is 83.1 Å². The van der Waals surface area contributed by atoms with Gasteiger partial charge in [0.05, 0.1) is 26.4 Å². The highest BCUT2D eigenvalue weighted by Crippen LogP contribution is 2.25. The zero-order chi connectivity index (χ0) is 19.9. The van der Waals surface area contributed by atoms with Crippen molar-refractivity contribution in [1.29, 1.82) is 0 Å². The summed E-state index contributed by atoms with van der Waals surface area (Å²) in [6, 6.07) is 9.11. The molecule has 0 aliphatic carbocycles. The molecule has 3 rings (SSSR count). The highest BCUT2D eigenvalue weighted by Gasteiger charge is 2.25. The van der Waals surface area contributed by atoms with Crippen molar-refractivity contribution >= 4 is 17.8 Å². The number of ether oxygens (including phenoxy) is 3. The molecular formula is C19H23ClN2O6. The number of halogens is 1. The molecule has 1 fully saturated rings. The summed E-state index contributed by atoms with van der Waals surface area (Å²) >= 11 is 6.19. The van der Waals surface area contributed by atoms with E-state index in [1.54, 1.807) is 19.1 Å². The van der Waals surface area contributed by atoms with Crippen LogP contribution in [0.2, 0.25) is 5.02 Å². The molecule has 0 amide bonds. The van der Waals surface area contributed by atoms with Crippen molar-refractivity contribution in [2.45, 2.75) is 19.6 Å². The van der Waals surface area contributed by atoms with Gasteiger partial charge in [-0.1, -0.05) is 41.9 Å². The maximum atomic E-state index is 12.5. The molecule has 152 valence electrons. The van der Waals surface area contributed by atoms with Crippen LogP contribution >= 0.6 is 11.6 Å². The number of hydrogen-bond donors (Lipinski definition) is 0. The normalized spacial score (nSPS) is 15.9. The van der Waals surface area contributed by atoms with E-state index in [0.717, 1.165) is 4.74 Å². The van der Waals surface area contributed by atoms with Crippen LogP contribution in [-0.2, 0) is 20.8 Å². The first-order chi connectivity index (χ1) is 13.6. The van der Waals surface area contributed by atoms with Crippen molar-refractivity contribution in [1.82, 2.24) is 9.64 Å². The summed E-state index contributed by atoms with van der Waals surface area (Å²) in [6.07, 6.45) is -1.42. The van der Waals surface area contributed by atoms with Crippen molar-refractivity contribution in [2.75, 3.05) is 39.5 Å². The van der Waals surface area contributed by atoms with Crippen molar-refractivity contribution < 1.29 is 23.5 Å². The molecule has 1 aliphatic rings. The lowest BCUT2D eigenvalue weighted by molar-refractivity contribution is -0.0223. The minimum atomic E-state index is -0.783. The molecule has 2 aromatic rings. The van der Waals surface area contributed by atoms with E-state index in [2.05, 4.69) is 4.90 Å². The predicted octanol–water partition coefficient (Wildman–Crippen LogP) is 2.64. The van der Waals surface area contributed by atoms with Crippen LogP contribution in [0.3, 0.4) is 0 Å². The molecule has 1 aliphatic heterocycles. The number of carbonyl (C=O) groups is 1. The number of aromatic nitrogens is 1. The van der Waals surface area contributed by atoms with Gasteiger partial charge in [-0.2, -0.15) is 4.74 Å². The van der Waals surface area contributed by atoms with Crippen LogP contribution in [0.1, 0.15) is 6.92 Å². The van der Waals surface area contributed by atoms with Gasteiger partial charge in [0.1, 0.15) is 6.10 Å². The van der Waals surface area contributed by atoms with E-state index in [9.17, 15) is 9.59 Å². The highest BCUT2D eigenvalue weighted by atomic mass is 35.5. The fourth-order valence-electron chi connectivity index (χ4n) is 2.96. The average molecular weight is 411 g/mol. The van der Waals surface area contributed by atoms with Gasteiger partial charge in [-0.3, -0.25) is 9.69 Å². The lowest BCUT2D eigenvalue weighted by atomic mass is 10.2. The second-order valence-electron chi connectivity index (χ2n) is 6.30. The van der Waals surface area contributed by atoms with E-state index in [0.29, 0.717) is 38.4 Å². The molecule has 1 saturated heterocycles. The first-order valence-corrected chi connectivity index (χ1v) is 9.54. The van der Waals surface area contributed by atoms with Crippen LogP contribution in [0.15, 0.2) is 39.6 Å². The standard InChI is InChI=1S/C19H23ClN2O6/c1-2-26-19(24)27-15(12-21-8-10-25-11-9-21)13-22-18(23)16(20)17(28-22)14-6-4-3-5-7-14/h3-7,15H,2,8-13H2,1H3. The Hall–Kier alpha value is -2.29. The number of morpholine rings is 1. The number of carbonyl (C=O) groups excluding carboxylic acids is 1. The molecule has 0 spiro atoms. The molecule has 2 heterocycles. The van der Waals surface area contributed by atoms with Gasteiger partial charge in [0.15, 0.2) is 10.8 Å². The maximum Gasteiger partial charge on any atom is 0.508 e. The Labute approximate surface area is 167 Å². The quantitative estimate of drug-likeness (QED) is 0.649. The van der Waals surface area contributed by atoms with Crippen molar-refractivity contribution in [3.05, 3.63) is 45.7 Å². The average Bonchev–Trinajstić information content (AvgIpc) is 2.98. The second kappa shape index (κ2) is 9.77. The Morgan fingerprint density at radius 2 is 1.93 bits per heavy atom. The molecule has 0 N–H and O–H groups in total. The molecule has 28 heavy (non-hydrogen) atoms. The molecule has 0 saturated carbocycles. The Morgan fingerprint density at radius 3 is 2.61 bits per heavy atom. The summed E-state index contributed by atoms with van der Waals surface area (Å²) in [5.74, 6) is 0.286. The molecular weight excluding hydrogens is 388 g/mol. The smallest absolute Gasteiger partial charge is 0.435 e. The van der Waals surface area contributed by atoms with E-state index in [-0.39, 0.29) is 23.9 Å². The zero-order valence-electron chi connectivity index (χ0n) is 15.6. The van der Waals surface area contributed by atoms with Gasteiger partial charge in [0.2, 0.25) is 0 Å². The third-order valence-corrected chi connectivity index (χ3v) is 4.64. The molecule has 9 heteroatoms. The summed E-state index contributed by atoms with van der Waals surface area (Å²) in [5, 5.41) is -0.00698. The Morgan fingerprint density at radius 1 is 1.21 bits per heavy atom. The van der Waals surface area contributed by atoms with Crippen LogP contribution in [-0.4, -0.2) is 61.4 Å². The van der Waals surface area contributed by atoms with Crippen molar-refractivity contribution in [3.63, 3.8) is 0 Å². The van der Waals surface area contributed by atoms with E-state index in [1.165, 1.54) is 0 Å². The van der Waals surface area contributed by atoms with Crippen LogP contribution < -0.4 is 5.56 Å². The molecule has 8 nitrogen and oxygen atoms in total. The van der Waals surface area contributed by atoms with Crippen LogP contribution in [0.25, 0.3) is 11.3 Å². The van der Waals surface area contributed by atoms with Crippen LogP contribution in [0, 0.1) is 0 Å². The summed E-state index contributed by atoms with van der Waals surface area (Å²) < 4.78 is 22.4. The molecule has 1 atom stereocenters. The van der Waals surface area contributed by atoms with E-state index < -0.39 is 17.8 Å². The van der Waals surface area contributed by atoms with Gasteiger partial charge in [-0.25, -0.2) is 4.79 Å². The zero-order valence-corrected chi connectivity index (χ0v) is 16.4. The highest BCUT2D eigenvalue weighted by molar-refractivity contribution is 6.32. The third-order valence-electron chi connectivity index (χ3n) is 4.31. The molecule has 1 aromatic carbocycles. The minimum Gasteiger partial charge on any atom is -0.435 e. The lowest BCUT2D eigenvalue weighted by Crippen LogP contribution is -2.44. The Bertz CT molecular complexity index is 829. The summed E-state index contributed by atoms with van der Waals surface area (Å²) in [6.45, 7) is 5.00. The lowest BCUT2D eigenvalue weighted by Gasteiger charge is -2.29. The van der Waals surface area contributed by atoms with Gasteiger partial charge >= 0.3 is 11.7 Å². The van der Waals surface area contributed by atoms with Crippen molar-refractivity contribution in [2.24, 2.45) is 0 Å². The monoisotopic (exact) mass is 410 g/mol. The largest absolute Gasteiger partial charge is 0.508 e. The van der Waals surface area contributed by atoms with Gasteiger partial charge < -0.3 is 18.7 Å². The fraction of sp³-hybridized carbons (Fsp3) is 0.474. The summed E-state index contributed by atoms with van der Waals surface area (Å²) in [5.41, 5.74) is 0.222. The van der Waals surface area contributed by atoms with E-state index >= 15 is 0 Å². The first kappa shape index (κ1) is 20.4. The predicted molar refractivity (Wildman–Crippen MR) is 103 cm³/mol. The second-order valence-corrected chi connectivity index (χ2v) is 6.68. The van der Waals surface area contributed by atoms with E-state index in [1.807, 2.05) is 18.2 Å². The third kappa shape index (κ3) is 5.15. The molecule has 0 bridgehead atoms. The minimum absolute atomic E-state index is 0.00698. The van der Waals surface area contributed by atoms with Gasteiger partial charge in [0.25, 0.3) is 0 Å². The van der Waals surface area contributed by atoms with E-state index in [4.69, 9.17) is 30.3 Å². The van der Waals surface area contributed by atoms with Crippen molar-refractivity contribution in [3.8, 4) is 11.3 Å². The molecule has 1 aromatic heterocycles. The van der Waals surface area contributed by atoms with Crippen LogP contribution in [0.5, 0.6) is 0 Å². The molecule has 1 unspecified atom stereocenters. The first-order valence-electron chi connectivity index (χ1n) is 9.17. The van der Waals surface area contributed by atoms with Gasteiger partial charge in [-0.05, 0) is 6.92 Å². The summed E-state index contributed by atoms with van der Waals surface area (Å²) in [7, 11) is 0. The number of rotatable bonds is 7. The Balaban J connectivity index is 1.79. The van der Waals surface area contributed by atoms with Gasteiger partial charge in [0, 0.05) is 25.2 Å². The number of benzene rings is 1. The fourth-order valence-corrected chi connectivity index (χ4v) is 3.20. The van der Waals surface area contributed by atoms with Crippen LogP contribution in [0.4, 0.5) is 4.79 Å².